The molecule has 29 heavy (non-hydrogen) atoms. The number of sulfonamides is 1. The Morgan fingerprint density at radius 2 is 1.93 bits per heavy atom. The molecule has 0 unspecified atom stereocenters. The number of carbonyl (C=O) groups is 2. The summed E-state index contributed by atoms with van der Waals surface area (Å²) in [5.74, 6) is -0.578. The molecule has 1 aliphatic heterocycles. The van der Waals surface area contributed by atoms with Crippen molar-refractivity contribution in [3.05, 3.63) is 41.5 Å². The van der Waals surface area contributed by atoms with Crippen LogP contribution < -0.4 is 5.32 Å². The fourth-order valence-corrected chi connectivity index (χ4v) is 4.83. The minimum atomic E-state index is -3.69. The maximum atomic E-state index is 12.7. The van der Waals surface area contributed by atoms with Gasteiger partial charge in [-0.3, -0.25) is 9.59 Å². The Morgan fingerprint density at radius 1 is 1.24 bits per heavy atom. The molecule has 0 radical (unpaired) electrons. The second-order valence-corrected chi connectivity index (χ2v) is 8.98. The zero-order chi connectivity index (χ0) is 21.2. The number of aromatic nitrogens is 1. The largest absolute Gasteiger partial charge is 0.455 e. The smallest absolute Gasteiger partial charge is 0.289 e. The second kappa shape index (κ2) is 8.34. The number of pyridine rings is 1. The molecule has 2 aromatic heterocycles. The van der Waals surface area contributed by atoms with Gasteiger partial charge in [0.15, 0.2) is 5.76 Å². The number of rotatable bonds is 6. The van der Waals surface area contributed by atoms with Gasteiger partial charge in [0.25, 0.3) is 5.91 Å². The molecule has 10 heteroatoms. The summed E-state index contributed by atoms with van der Waals surface area (Å²) in [5, 5.41) is 2.62. The Hall–Kier alpha value is -2.72. The maximum Gasteiger partial charge on any atom is 0.289 e. The van der Waals surface area contributed by atoms with Crippen molar-refractivity contribution in [3.8, 4) is 0 Å². The topological polar surface area (TPSA) is 113 Å². The van der Waals surface area contributed by atoms with E-state index in [2.05, 4.69) is 10.3 Å². The molecule has 2 aromatic rings. The van der Waals surface area contributed by atoms with E-state index >= 15 is 0 Å². The van der Waals surface area contributed by atoms with E-state index in [4.69, 9.17) is 4.42 Å². The lowest BCUT2D eigenvalue weighted by Gasteiger charge is -2.15. The molecular formula is C19H24N4O5S. The van der Waals surface area contributed by atoms with E-state index in [0.29, 0.717) is 18.9 Å². The zero-order valence-electron chi connectivity index (χ0n) is 16.6. The van der Waals surface area contributed by atoms with Gasteiger partial charge in [0.05, 0.1) is 0 Å². The van der Waals surface area contributed by atoms with Crippen LogP contribution in [0.25, 0.3) is 0 Å². The van der Waals surface area contributed by atoms with Gasteiger partial charge in [0.1, 0.15) is 23.0 Å². The molecule has 156 valence electrons. The molecule has 1 N–H and O–H groups in total. The van der Waals surface area contributed by atoms with Crippen molar-refractivity contribution < 1.29 is 22.4 Å². The molecule has 0 atom stereocenters. The van der Waals surface area contributed by atoms with Crippen molar-refractivity contribution in [3.63, 3.8) is 0 Å². The quantitative estimate of drug-likeness (QED) is 0.762. The number of likely N-dealkylation sites (N-methyl/N-ethyl adjacent to an activating group) is 1. The van der Waals surface area contributed by atoms with Gasteiger partial charge in [-0.1, -0.05) is 0 Å². The van der Waals surface area contributed by atoms with Gasteiger partial charge in [0.2, 0.25) is 15.9 Å². The fourth-order valence-electron chi connectivity index (χ4n) is 3.16. The van der Waals surface area contributed by atoms with E-state index in [0.717, 1.165) is 23.3 Å². The van der Waals surface area contributed by atoms with Crippen molar-refractivity contribution in [2.45, 2.75) is 31.6 Å². The number of aryl methyl sites for hydroxylation is 2. The maximum absolute atomic E-state index is 12.7. The summed E-state index contributed by atoms with van der Waals surface area (Å²) in [6, 6.07) is 4.76. The Labute approximate surface area is 169 Å². The van der Waals surface area contributed by atoms with E-state index < -0.39 is 21.8 Å². The van der Waals surface area contributed by atoms with Crippen molar-refractivity contribution in [2.24, 2.45) is 0 Å². The van der Waals surface area contributed by atoms with Crippen LogP contribution in [0.3, 0.4) is 0 Å². The van der Waals surface area contributed by atoms with Crippen LogP contribution in [0.2, 0.25) is 0 Å². The first-order valence-corrected chi connectivity index (χ1v) is 10.7. The average molecular weight is 420 g/mol. The Morgan fingerprint density at radius 3 is 2.59 bits per heavy atom. The van der Waals surface area contributed by atoms with Crippen LogP contribution in [0.15, 0.2) is 33.7 Å². The first-order valence-electron chi connectivity index (χ1n) is 9.27. The van der Waals surface area contributed by atoms with Gasteiger partial charge in [-0.2, -0.15) is 4.31 Å². The highest BCUT2D eigenvalue weighted by molar-refractivity contribution is 7.89. The lowest BCUT2D eigenvalue weighted by molar-refractivity contribution is -0.116. The van der Waals surface area contributed by atoms with Crippen LogP contribution in [0, 0.1) is 13.8 Å². The molecule has 2 amide bonds. The summed E-state index contributed by atoms with van der Waals surface area (Å²) in [5.41, 5.74) is 0.942. The van der Waals surface area contributed by atoms with Crippen molar-refractivity contribution in [1.29, 1.82) is 0 Å². The summed E-state index contributed by atoms with van der Waals surface area (Å²) in [6.07, 6.45) is 3.21. The summed E-state index contributed by atoms with van der Waals surface area (Å²) in [4.78, 5) is 30.0. The number of nitrogens with one attached hydrogen (secondary N) is 1. The minimum Gasteiger partial charge on any atom is -0.455 e. The van der Waals surface area contributed by atoms with Gasteiger partial charge < -0.3 is 14.6 Å². The fraction of sp³-hybridized carbons (Fsp3) is 0.421. The van der Waals surface area contributed by atoms with Gasteiger partial charge in [-0.25, -0.2) is 13.4 Å². The van der Waals surface area contributed by atoms with E-state index in [-0.39, 0.29) is 23.0 Å². The number of amides is 2. The monoisotopic (exact) mass is 420 g/mol. The van der Waals surface area contributed by atoms with Gasteiger partial charge in [-0.05, 0) is 44.4 Å². The number of hydrogen-bond donors (Lipinski definition) is 1. The van der Waals surface area contributed by atoms with Crippen molar-refractivity contribution >= 4 is 27.7 Å². The lowest BCUT2D eigenvalue weighted by atomic mass is 10.3. The molecular weight excluding hydrogens is 396 g/mol. The molecule has 0 aliphatic carbocycles. The summed E-state index contributed by atoms with van der Waals surface area (Å²) in [7, 11) is -2.25. The van der Waals surface area contributed by atoms with E-state index in [1.165, 1.54) is 24.3 Å². The van der Waals surface area contributed by atoms with E-state index in [1.807, 2.05) is 6.92 Å². The highest BCUT2D eigenvalue weighted by atomic mass is 32.2. The number of hydrogen-bond acceptors (Lipinski definition) is 6. The SMILES string of the molecule is Cc1ccnc(NC(=O)CN(C)C(=O)c2cc(S(=O)(=O)N3CCCC3)c(C)o2)c1. The molecule has 1 saturated heterocycles. The van der Waals surface area contributed by atoms with Crippen molar-refractivity contribution in [2.75, 3.05) is 32.0 Å². The van der Waals surface area contributed by atoms with E-state index in [1.54, 1.807) is 18.3 Å². The molecule has 0 spiro atoms. The molecule has 1 fully saturated rings. The molecule has 3 rings (SSSR count). The van der Waals surface area contributed by atoms with Crippen molar-refractivity contribution in [1.82, 2.24) is 14.2 Å². The summed E-state index contributed by atoms with van der Waals surface area (Å²) in [6.45, 7) is 4.07. The lowest BCUT2D eigenvalue weighted by Crippen LogP contribution is -2.35. The second-order valence-electron chi connectivity index (χ2n) is 7.07. The van der Waals surface area contributed by atoms with E-state index in [9.17, 15) is 18.0 Å². The highest BCUT2D eigenvalue weighted by Gasteiger charge is 2.32. The normalized spacial score (nSPS) is 14.7. The van der Waals surface area contributed by atoms with Crippen LogP contribution >= 0.6 is 0 Å². The Balaban J connectivity index is 1.69. The molecule has 1 aliphatic rings. The minimum absolute atomic E-state index is 0.00966. The highest BCUT2D eigenvalue weighted by Crippen LogP contribution is 2.26. The average Bonchev–Trinajstić information content (AvgIpc) is 3.31. The molecule has 9 nitrogen and oxygen atoms in total. The first-order chi connectivity index (χ1) is 13.7. The van der Waals surface area contributed by atoms with Gasteiger partial charge in [0, 0.05) is 32.4 Å². The zero-order valence-corrected chi connectivity index (χ0v) is 17.5. The molecule has 0 saturated carbocycles. The van der Waals surface area contributed by atoms with Crippen LogP contribution in [0.1, 0.15) is 34.7 Å². The number of nitrogens with zero attached hydrogens (tertiary/aromatic N) is 3. The summed E-state index contributed by atoms with van der Waals surface area (Å²) < 4.78 is 32.3. The van der Waals surface area contributed by atoms with Crippen LogP contribution in [0.4, 0.5) is 5.82 Å². The predicted molar refractivity (Wildman–Crippen MR) is 106 cm³/mol. The molecule has 0 aromatic carbocycles. The molecule has 3 heterocycles. The standard InChI is InChI=1S/C19H24N4O5S/c1-13-6-7-20-17(10-13)21-18(24)12-22(3)19(25)15-11-16(14(2)28-15)29(26,27)23-8-4-5-9-23/h6-7,10-11H,4-5,8-9,12H2,1-3H3,(H,20,21,24). The Kier molecular flexibility index (Phi) is 6.04. The third-order valence-electron chi connectivity index (χ3n) is 4.68. The number of carbonyl (C=O) groups excluding carboxylic acids is 2. The first kappa shape index (κ1) is 21.0. The van der Waals surface area contributed by atoms with Crippen LogP contribution in [-0.2, 0) is 14.8 Å². The summed E-state index contributed by atoms with van der Waals surface area (Å²) >= 11 is 0. The number of furan rings is 1. The predicted octanol–water partition coefficient (Wildman–Crippen LogP) is 1.79. The number of anilines is 1. The third kappa shape index (κ3) is 4.65. The Bertz CT molecular complexity index is 1020. The van der Waals surface area contributed by atoms with Crippen LogP contribution in [-0.4, -0.2) is 61.1 Å². The van der Waals surface area contributed by atoms with Gasteiger partial charge >= 0.3 is 0 Å². The van der Waals surface area contributed by atoms with Gasteiger partial charge in [-0.15, -0.1) is 0 Å². The third-order valence-corrected chi connectivity index (χ3v) is 6.68. The molecule has 0 bridgehead atoms. The van der Waals surface area contributed by atoms with Crippen LogP contribution in [0.5, 0.6) is 0 Å².